The molecular weight excluding hydrogens is 392 g/mol. The molecular formula is C21H30N2O7. The van der Waals surface area contributed by atoms with Crippen LogP contribution in [0.5, 0.6) is 0 Å². The Morgan fingerprint density at radius 3 is 2.30 bits per heavy atom. The summed E-state index contributed by atoms with van der Waals surface area (Å²) in [6, 6.07) is 8.16. The van der Waals surface area contributed by atoms with E-state index in [9.17, 15) is 24.6 Å². The first-order valence-corrected chi connectivity index (χ1v) is 10.1. The number of nitrogens with one attached hydrogen (secondary N) is 2. The van der Waals surface area contributed by atoms with E-state index in [2.05, 4.69) is 10.6 Å². The molecule has 1 aromatic carbocycles. The number of hydrogen-bond acceptors (Lipinski definition) is 8. The molecule has 0 aliphatic carbocycles. The Morgan fingerprint density at radius 2 is 1.67 bits per heavy atom. The summed E-state index contributed by atoms with van der Waals surface area (Å²) in [6.07, 6.45) is -0.980. The summed E-state index contributed by atoms with van der Waals surface area (Å²) >= 11 is 0. The van der Waals surface area contributed by atoms with Gasteiger partial charge in [0, 0.05) is 26.3 Å². The molecule has 0 spiro atoms. The molecule has 4 atom stereocenters. The predicted molar refractivity (Wildman–Crippen MR) is 107 cm³/mol. The van der Waals surface area contributed by atoms with Crippen LogP contribution in [0.15, 0.2) is 30.3 Å². The highest BCUT2D eigenvalue weighted by atomic mass is 16.5. The summed E-state index contributed by atoms with van der Waals surface area (Å²) in [5.74, 6) is -1.06. The second kappa shape index (κ2) is 12.3. The highest BCUT2D eigenvalue weighted by Crippen LogP contribution is 2.12. The lowest BCUT2D eigenvalue weighted by atomic mass is 9.94. The van der Waals surface area contributed by atoms with Gasteiger partial charge in [-0.1, -0.05) is 30.3 Å². The fraction of sp³-hybridized carbons (Fsp3) is 0.571. The first-order valence-electron chi connectivity index (χ1n) is 10.1. The molecule has 1 heterocycles. The van der Waals surface area contributed by atoms with Crippen molar-refractivity contribution in [3.63, 3.8) is 0 Å². The first-order chi connectivity index (χ1) is 14.4. The number of hydrogen-bond donors (Lipinski definition) is 4. The lowest BCUT2D eigenvalue weighted by Crippen LogP contribution is -2.65. The van der Waals surface area contributed by atoms with Gasteiger partial charge in [-0.2, -0.15) is 0 Å². The smallest absolute Gasteiger partial charge is 0.306 e. The average Bonchev–Trinajstić information content (AvgIpc) is 2.73. The molecule has 1 amide bonds. The molecule has 1 fully saturated rings. The van der Waals surface area contributed by atoms with Crippen molar-refractivity contribution >= 4 is 17.8 Å². The maximum Gasteiger partial charge on any atom is 0.306 e. The van der Waals surface area contributed by atoms with Gasteiger partial charge in [0.15, 0.2) is 0 Å². The van der Waals surface area contributed by atoms with Crippen LogP contribution < -0.4 is 10.6 Å². The van der Waals surface area contributed by atoms with Crippen LogP contribution in [0.25, 0.3) is 0 Å². The number of aliphatic hydroxyl groups excluding tert-OH is 2. The zero-order chi connectivity index (χ0) is 21.9. The molecule has 1 aliphatic rings. The van der Waals surface area contributed by atoms with E-state index in [4.69, 9.17) is 9.47 Å². The highest BCUT2D eigenvalue weighted by molar-refractivity contribution is 5.73. The van der Waals surface area contributed by atoms with Crippen molar-refractivity contribution in [2.24, 2.45) is 0 Å². The molecule has 30 heavy (non-hydrogen) atoms. The van der Waals surface area contributed by atoms with Gasteiger partial charge < -0.3 is 30.3 Å². The molecule has 166 valence electrons. The van der Waals surface area contributed by atoms with Crippen molar-refractivity contribution in [3.8, 4) is 0 Å². The maximum absolute atomic E-state index is 11.9. The Kier molecular flexibility index (Phi) is 9.72. The van der Waals surface area contributed by atoms with E-state index < -0.39 is 30.3 Å². The van der Waals surface area contributed by atoms with Gasteiger partial charge in [-0.3, -0.25) is 14.4 Å². The summed E-state index contributed by atoms with van der Waals surface area (Å²) in [5.41, 5.74) is 0.918. The summed E-state index contributed by atoms with van der Waals surface area (Å²) in [6.45, 7) is 1.72. The second-order valence-corrected chi connectivity index (χ2v) is 7.34. The summed E-state index contributed by atoms with van der Waals surface area (Å²) in [5, 5.41) is 25.7. The number of benzene rings is 1. The Hall–Kier alpha value is -2.49. The summed E-state index contributed by atoms with van der Waals surface area (Å²) in [7, 11) is 0. The number of amides is 1. The molecule has 0 aromatic heterocycles. The van der Waals surface area contributed by atoms with E-state index in [0.29, 0.717) is 12.8 Å². The number of unbranched alkanes of at least 4 members (excludes halogenated alkanes) is 1. The zero-order valence-corrected chi connectivity index (χ0v) is 17.1. The van der Waals surface area contributed by atoms with Gasteiger partial charge in [-0.15, -0.1) is 0 Å². The third-order valence-electron chi connectivity index (χ3n) is 4.84. The Morgan fingerprint density at radius 1 is 1.03 bits per heavy atom. The number of ether oxygens (including phenoxy) is 2. The molecule has 1 aromatic rings. The number of carbonyl (C=O) groups is 3. The van der Waals surface area contributed by atoms with Crippen LogP contribution >= 0.6 is 0 Å². The van der Waals surface area contributed by atoms with Crippen LogP contribution in [-0.2, 0) is 30.5 Å². The normalized spacial score (nSPS) is 23.4. The number of carbonyl (C=O) groups excluding carboxylic acids is 3. The predicted octanol–water partition coefficient (Wildman–Crippen LogP) is 0.0317. The molecule has 1 saturated heterocycles. The van der Waals surface area contributed by atoms with Crippen molar-refractivity contribution in [2.75, 3.05) is 13.2 Å². The van der Waals surface area contributed by atoms with Gasteiger partial charge in [-0.05, 0) is 18.4 Å². The minimum atomic E-state index is -1.18. The van der Waals surface area contributed by atoms with Crippen LogP contribution in [0.1, 0.15) is 38.2 Å². The Balaban J connectivity index is 1.57. The van der Waals surface area contributed by atoms with Gasteiger partial charge in [-0.25, -0.2) is 0 Å². The molecule has 9 nitrogen and oxygen atoms in total. The van der Waals surface area contributed by atoms with Gasteiger partial charge >= 0.3 is 11.9 Å². The van der Waals surface area contributed by atoms with Crippen LogP contribution in [0.4, 0.5) is 0 Å². The molecule has 0 unspecified atom stereocenters. The average molecular weight is 422 g/mol. The first kappa shape index (κ1) is 23.8. The standard InChI is InChI=1S/C21H30N2O7/c1-14(24)23-16-11-22-17(21(28)20(16)27)13-30-19(26)10-6-5-9-18(25)29-12-15-7-3-2-4-8-15/h2-4,7-8,16-17,20-22,27-28H,5-6,9-13H2,1H3,(H,23,24)/t16-,17+,20+,21-/m0/s1. The van der Waals surface area contributed by atoms with Crippen molar-refractivity contribution in [3.05, 3.63) is 35.9 Å². The topological polar surface area (TPSA) is 134 Å². The highest BCUT2D eigenvalue weighted by Gasteiger charge is 2.38. The fourth-order valence-electron chi connectivity index (χ4n) is 3.15. The van der Waals surface area contributed by atoms with Crippen LogP contribution in [0.3, 0.4) is 0 Å². The molecule has 0 radical (unpaired) electrons. The molecule has 1 aliphatic heterocycles. The third kappa shape index (κ3) is 8.10. The minimum absolute atomic E-state index is 0.0943. The van der Waals surface area contributed by atoms with Gasteiger partial charge in [0.2, 0.25) is 5.91 Å². The lowest BCUT2D eigenvalue weighted by molar-refractivity contribution is -0.148. The maximum atomic E-state index is 11.9. The van der Waals surface area contributed by atoms with Gasteiger partial charge in [0.25, 0.3) is 0 Å². The van der Waals surface area contributed by atoms with Crippen LogP contribution in [0.2, 0.25) is 0 Å². The summed E-state index contributed by atoms with van der Waals surface area (Å²) < 4.78 is 10.3. The van der Waals surface area contributed by atoms with Crippen molar-refractivity contribution in [2.45, 2.75) is 63.5 Å². The quantitative estimate of drug-likeness (QED) is 0.307. The van der Waals surface area contributed by atoms with E-state index >= 15 is 0 Å². The number of aliphatic hydroxyl groups is 2. The number of esters is 2. The number of rotatable bonds is 10. The van der Waals surface area contributed by atoms with Gasteiger partial charge in [0.05, 0.1) is 12.1 Å². The molecule has 4 N–H and O–H groups in total. The van der Waals surface area contributed by atoms with E-state index in [1.54, 1.807) is 0 Å². The minimum Gasteiger partial charge on any atom is -0.464 e. The fourth-order valence-corrected chi connectivity index (χ4v) is 3.15. The van der Waals surface area contributed by atoms with E-state index in [-0.39, 0.29) is 44.5 Å². The van der Waals surface area contributed by atoms with Crippen molar-refractivity contribution < 1.29 is 34.1 Å². The zero-order valence-electron chi connectivity index (χ0n) is 17.1. The van der Waals surface area contributed by atoms with Crippen LogP contribution in [0, 0.1) is 0 Å². The molecule has 2 rings (SSSR count). The summed E-state index contributed by atoms with van der Waals surface area (Å²) in [4.78, 5) is 34.7. The van der Waals surface area contributed by atoms with E-state index in [0.717, 1.165) is 5.56 Å². The molecule has 0 saturated carbocycles. The van der Waals surface area contributed by atoms with E-state index in [1.165, 1.54) is 6.92 Å². The van der Waals surface area contributed by atoms with Crippen LogP contribution in [-0.4, -0.2) is 65.5 Å². The second-order valence-electron chi connectivity index (χ2n) is 7.34. The lowest BCUT2D eigenvalue weighted by Gasteiger charge is -2.38. The monoisotopic (exact) mass is 422 g/mol. The molecule has 9 heteroatoms. The van der Waals surface area contributed by atoms with Crippen molar-refractivity contribution in [1.29, 1.82) is 0 Å². The Labute approximate surface area is 175 Å². The van der Waals surface area contributed by atoms with E-state index in [1.807, 2.05) is 30.3 Å². The largest absolute Gasteiger partial charge is 0.464 e. The SMILES string of the molecule is CC(=O)N[C@H]1CN[C@H](COC(=O)CCCCC(=O)OCc2ccccc2)[C@H](O)[C@@H]1O. The third-order valence-corrected chi connectivity index (χ3v) is 4.84. The van der Waals surface area contributed by atoms with Crippen molar-refractivity contribution in [1.82, 2.24) is 10.6 Å². The molecule has 0 bridgehead atoms. The Bertz CT molecular complexity index is 698. The number of piperidine rings is 1. The van der Waals surface area contributed by atoms with Gasteiger partial charge in [0.1, 0.15) is 25.4 Å².